The van der Waals surface area contributed by atoms with E-state index in [1.165, 1.54) is 7.11 Å². The van der Waals surface area contributed by atoms with Crippen molar-refractivity contribution in [1.29, 1.82) is 0 Å². The maximum Gasteiger partial charge on any atom is 0.513 e. The highest BCUT2D eigenvalue weighted by atomic mass is 32.2. The molecule has 0 aliphatic carbocycles. The topological polar surface area (TPSA) is 111 Å². The molecule has 0 saturated carbocycles. The van der Waals surface area contributed by atoms with Gasteiger partial charge in [0.15, 0.2) is 0 Å². The maximum atomic E-state index is 12.1. The monoisotopic (exact) mass is 486 g/mol. The first-order chi connectivity index (χ1) is 16.4. The molecule has 0 amide bonds. The first kappa shape index (κ1) is 26.9. The van der Waals surface area contributed by atoms with Crippen LogP contribution in [0.15, 0.2) is 82.3 Å². The summed E-state index contributed by atoms with van der Waals surface area (Å²) in [6, 6.07) is 17.5. The Labute approximate surface area is 203 Å². The lowest BCUT2D eigenvalue weighted by Gasteiger charge is -2.28. The van der Waals surface area contributed by atoms with Crippen molar-refractivity contribution in [2.24, 2.45) is 0 Å². The van der Waals surface area contributed by atoms with E-state index in [1.54, 1.807) is 25.6 Å². The van der Waals surface area contributed by atoms with E-state index in [2.05, 4.69) is 10.1 Å². The third-order valence-electron chi connectivity index (χ3n) is 4.93. The number of carbonyl (C=O) groups excluding carboxylic acids is 1. The Kier molecular flexibility index (Phi) is 10.6. The second-order valence-corrected chi connectivity index (χ2v) is 8.22. The number of thioether (sulfide) groups is 1. The molecule has 9 heteroatoms. The Morgan fingerprint density at radius 3 is 2.35 bits per heavy atom. The second-order valence-electron chi connectivity index (χ2n) is 7.21. The summed E-state index contributed by atoms with van der Waals surface area (Å²) in [6.07, 6.45) is -0.479. The molecular weight excluding hydrogens is 456 g/mol. The number of aliphatic hydroxyl groups excluding tert-OH is 1. The molecule has 0 saturated heterocycles. The first-order valence-corrected chi connectivity index (χ1v) is 11.8. The van der Waals surface area contributed by atoms with Crippen molar-refractivity contribution in [3.63, 3.8) is 0 Å². The normalized spacial score (nSPS) is 15.1. The van der Waals surface area contributed by atoms with Crippen LogP contribution in [0.3, 0.4) is 0 Å². The van der Waals surface area contributed by atoms with E-state index < -0.39 is 17.0 Å². The number of benzene rings is 2. The third kappa shape index (κ3) is 6.85. The molecule has 1 heterocycles. The van der Waals surface area contributed by atoms with Crippen molar-refractivity contribution in [3.8, 4) is 0 Å². The van der Waals surface area contributed by atoms with Crippen molar-refractivity contribution in [2.75, 3.05) is 13.7 Å². The van der Waals surface area contributed by atoms with Crippen molar-refractivity contribution >= 4 is 17.9 Å². The lowest BCUT2D eigenvalue weighted by molar-refractivity contribution is -0.431. The lowest BCUT2D eigenvalue weighted by Crippen LogP contribution is -2.30. The van der Waals surface area contributed by atoms with Crippen LogP contribution >= 0.6 is 11.8 Å². The Bertz CT molecular complexity index is 1050. The number of hydrogen-bond acceptors (Lipinski definition) is 8. The molecule has 34 heavy (non-hydrogen) atoms. The summed E-state index contributed by atoms with van der Waals surface area (Å²) in [5, 5.41) is 22.7. The van der Waals surface area contributed by atoms with Crippen molar-refractivity contribution in [2.45, 2.75) is 43.8 Å². The van der Waals surface area contributed by atoms with Crippen LogP contribution in [0.25, 0.3) is 0 Å². The summed E-state index contributed by atoms with van der Waals surface area (Å²) >= 11 is 1.58. The molecule has 0 bridgehead atoms. The molecule has 1 unspecified atom stereocenters. The lowest BCUT2D eigenvalue weighted by atomic mass is 9.88. The first-order valence-electron chi connectivity index (χ1n) is 10.8. The molecule has 2 N–H and O–H groups in total. The van der Waals surface area contributed by atoms with Crippen LogP contribution in [0.5, 0.6) is 0 Å². The Balaban J connectivity index is 0.00000129. The number of methoxy groups -OCH3 is 1. The molecule has 1 aliphatic heterocycles. The number of nitrogens with zero attached hydrogens (tertiary/aromatic N) is 1. The molecule has 2 aromatic rings. The highest BCUT2D eigenvalue weighted by Crippen LogP contribution is 2.43. The number of rotatable bonds is 7. The van der Waals surface area contributed by atoms with E-state index in [-0.39, 0.29) is 18.1 Å². The molecule has 1 aliphatic rings. The van der Waals surface area contributed by atoms with Gasteiger partial charge in [0, 0.05) is 17.3 Å². The number of nitro groups is 1. The molecule has 2 aromatic carbocycles. The van der Waals surface area contributed by atoms with Crippen molar-refractivity contribution in [1.82, 2.24) is 5.32 Å². The minimum atomic E-state index is -0.918. The Morgan fingerprint density at radius 1 is 1.15 bits per heavy atom. The zero-order valence-electron chi connectivity index (χ0n) is 19.7. The summed E-state index contributed by atoms with van der Waals surface area (Å²) in [5.74, 6) is 0.0323. The summed E-state index contributed by atoms with van der Waals surface area (Å²) in [4.78, 5) is 24.5. The summed E-state index contributed by atoms with van der Waals surface area (Å²) in [7, 11) is 1.20. The minimum Gasteiger partial charge on any atom is -0.437 e. The van der Waals surface area contributed by atoms with Crippen LogP contribution in [0, 0.1) is 10.1 Å². The molecule has 1 atom stereocenters. The molecule has 0 radical (unpaired) electrons. The highest BCUT2D eigenvalue weighted by Gasteiger charge is 2.41. The van der Waals surface area contributed by atoms with Gasteiger partial charge in [-0.1, -0.05) is 55.5 Å². The number of ether oxygens (including phenoxy) is 2. The number of nitrogens with one attached hydrogen (secondary N) is 1. The fraction of sp³-hybridized carbons (Fsp3) is 0.320. The predicted molar refractivity (Wildman–Crippen MR) is 132 cm³/mol. The van der Waals surface area contributed by atoms with Gasteiger partial charge in [-0.15, -0.1) is 11.8 Å². The fourth-order valence-corrected chi connectivity index (χ4v) is 4.54. The predicted octanol–water partition coefficient (Wildman–Crippen LogP) is 5.58. The summed E-state index contributed by atoms with van der Waals surface area (Å²) < 4.78 is 10.1. The van der Waals surface area contributed by atoms with E-state index in [4.69, 9.17) is 9.84 Å². The van der Waals surface area contributed by atoms with Gasteiger partial charge in [0.05, 0.1) is 23.4 Å². The molecule has 8 nitrogen and oxygen atoms in total. The van der Waals surface area contributed by atoms with Crippen molar-refractivity contribution in [3.05, 3.63) is 98.7 Å². The van der Waals surface area contributed by atoms with E-state index in [0.29, 0.717) is 29.1 Å². The zero-order valence-corrected chi connectivity index (χ0v) is 20.6. The van der Waals surface area contributed by atoms with E-state index in [9.17, 15) is 14.9 Å². The Morgan fingerprint density at radius 2 is 1.76 bits per heavy atom. The molecule has 0 fully saturated rings. The fourth-order valence-electron chi connectivity index (χ4n) is 3.49. The van der Waals surface area contributed by atoms with Gasteiger partial charge in [-0.05, 0) is 37.5 Å². The summed E-state index contributed by atoms with van der Waals surface area (Å²) in [6.45, 7) is 5.51. The number of carbonyl (C=O) groups is 1. The average Bonchev–Trinajstić information content (AvgIpc) is 2.84. The summed E-state index contributed by atoms with van der Waals surface area (Å²) in [5.41, 5.74) is 2.86. The SMILES string of the molecule is CCC1=C([N+](=O)[O-])C(c2ccccc2SCc2ccccc2)C(OC(=O)OC)=C(C)N1.CCO. The van der Waals surface area contributed by atoms with Gasteiger partial charge in [0.25, 0.3) is 5.70 Å². The van der Waals surface area contributed by atoms with Crippen LogP contribution in [-0.2, 0) is 15.2 Å². The molecule has 182 valence electrons. The van der Waals surface area contributed by atoms with Gasteiger partial charge in [-0.25, -0.2) is 4.79 Å². The molecule has 0 aromatic heterocycles. The Hall–Kier alpha value is -3.30. The highest BCUT2D eigenvalue weighted by molar-refractivity contribution is 7.98. The minimum absolute atomic E-state index is 0.0280. The number of aliphatic hydroxyl groups is 1. The van der Waals surface area contributed by atoms with Crippen molar-refractivity contribution < 1.29 is 24.3 Å². The number of dihydropyridines is 1. The van der Waals surface area contributed by atoms with E-state index in [0.717, 1.165) is 10.5 Å². The van der Waals surface area contributed by atoms with Crippen LogP contribution < -0.4 is 5.32 Å². The number of allylic oxidation sites excluding steroid dienone is 2. The molecule has 3 rings (SSSR count). The second kappa shape index (κ2) is 13.4. The van der Waals surface area contributed by atoms with Gasteiger partial charge in [-0.2, -0.15) is 0 Å². The van der Waals surface area contributed by atoms with E-state index >= 15 is 0 Å². The molecular formula is C25H30N2O6S. The quantitative estimate of drug-likeness (QED) is 0.226. The van der Waals surface area contributed by atoms with Crippen LogP contribution in [-0.4, -0.2) is 29.9 Å². The molecule has 0 spiro atoms. The van der Waals surface area contributed by atoms with E-state index in [1.807, 2.05) is 61.5 Å². The van der Waals surface area contributed by atoms with Crippen LogP contribution in [0.2, 0.25) is 0 Å². The zero-order chi connectivity index (χ0) is 25.1. The standard InChI is InChI=1S/C23H24N2O5S.C2H6O/c1-4-18-21(25(27)28)20(22(15(2)24-18)30-23(26)29-3)17-12-8-9-13-19(17)31-14-16-10-6-5-7-11-16;1-2-3/h5-13,20,24H,4,14H2,1-3H3;3H,2H2,1H3. The average molecular weight is 487 g/mol. The van der Waals surface area contributed by atoms with Gasteiger partial charge in [-0.3, -0.25) is 10.1 Å². The maximum absolute atomic E-state index is 12.1. The van der Waals surface area contributed by atoms with Crippen LogP contribution in [0.4, 0.5) is 4.79 Å². The third-order valence-corrected chi connectivity index (χ3v) is 6.09. The van der Waals surface area contributed by atoms with Gasteiger partial charge in [0.2, 0.25) is 0 Å². The van der Waals surface area contributed by atoms with Crippen LogP contribution in [0.1, 0.15) is 44.2 Å². The van der Waals surface area contributed by atoms with Gasteiger partial charge >= 0.3 is 6.16 Å². The van der Waals surface area contributed by atoms with Gasteiger partial charge < -0.3 is 19.9 Å². The largest absolute Gasteiger partial charge is 0.513 e. The smallest absolute Gasteiger partial charge is 0.437 e. The van der Waals surface area contributed by atoms with Gasteiger partial charge in [0.1, 0.15) is 11.7 Å². The number of hydrogen-bond donors (Lipinski definition) is 2.